The highest BCUT2D eigenvalue weighted by Gasteiger charge is 2.41. The van der Waals surface area contributed by atoms with Gasteiger partial charge in [0.25, 0.3) is 0 Å². The van der Waals surface area contributed by atoms with E-state index >= 15 is 0 Å². The van der Waals surface area contributed by atoms with Gasteiger partial charge in [-0.05, 0) is 49.9 Å². The molecule has 19 heavy (non-hydrogen) atoms. The number of hydrogen-bond donors (Lipinski definition) is 1. The lowest BCUT2D eigenvalue weighted by atomic mass is 9.66. The van der Waals surface area contributed by atoms with Gasteiger partial charge < -0.3 is 9.84 Å². The van der Waals surface area contributed by atoms with Crippen LogP contribution in [0.3, 0.4) is 0 Å². The third-order valence-electron chi connectivity index (χ3n) is 4.56. The molecule has 0 bridgehead atoms. The van der Waals surface area contributed by atoms with Gasteiger partial charge in [-0.3, -0.25) is 4.79 Å². The van der Waals surface area contributed by atoms with Crippen LogP contribution in [0.5, 0.6) is 0 Å². The van der Waals surface area contributed by atoms with E-state index in [1.165, 1.54) is 0 Å². The number of rotatable bonds is 7. The molecule has 0 aromatic rings. The van der Waals surface area contributed by atoms with E-state index in [0.29, 0.717) is 30.8 Å². The van der Waals surface area contributed by atoms with Gasteiger partial charge in [-0.2, -0.15) is 0 Å². The number of aliphatic carboxylic acids is 1. The van der Waals surface area contributed by atoms with Crippen molar-refractivity contribution in [2.24, 2.45) is 23.2 Å². The lowest BCUT2D eigenvalue weighted by molar-refractivity contribution is -0.153. The molecule has 1 aliphatic rings. The van der Waals surface area contributed by atoms with Crippen LogP contribution < -0.4 is 0 Å². The second-order valence-electron chi connectivity index (χ2n) is 6.89. The Hall–Kier alpha value is -0.570. The first-order valence-electron chi connectivity index (χ1n) is 7.68. The van der Waals surface area contributed by atoms with Gasteiger partial charge >= 0.3 is 5.97 Å². The van der Waals surface area contributed by atoms with Crippen LogP contribution in [0.25, 0.3) is 0 Å². The molecule has 0 aromatic carbocycles. The summed E-state index contributed by atoms with van der Waals surface area (Å²) in [5.74, 6) is 1.26. The molecule has 0 radical (unpaired) electrons. The maximum Gasteiger partial charge on any atom is 0.309 e. The van der Waals surface area contributed by atoms with Gasteiger partial charge in [-0.1, -0.05) is 27.7 Å². The van der Waals surface area contributed by atoms with Crippen LogP contribution >= 0.6 is 0 Å². The average Bonchev–Trinajstić information content (AvgIpc) is 2.34. The molecule has 0 amide bonds. The number of carboxylic acids is 1. The third-order valence-corrected chi connectivity index (χ3v) is 4.56. The van der Waals surface area contributed by atoms with E-state index in [0.717, 1.165) is 32.3 Å². The summed E-state index contributed by atoms with van der Waals surface area (Å²) in [6.07, 6.45) is 4.40. The Morgan fingerprint density at radius 1 is 1.26 bits per heavy atom. The van der Waals surface area contributed by atoms with Crippen LogP contribution in [-0.4, -0.2) is 24.3 Å². The van der Waals surface area contributed by atoms with Gasteiger partial charge in [-0.25, -0.2) is 0 Å². The molecule has 0 aliphatic heterocycles. The summed E-state index contributed by atoms with van der Waals surface area (Å²) in [5.41, 5.74) is -0.525. The summed E-state index contributed by atoms with van der Waals surface area (Å²) in [6, 6.07) is 0. The van der Waals surface area contributed by atoms with Crippen molar-refractivity contribution in [3.05, 3.63) is 0 Å². The molecule has 3 nitrogen and oxygen atoms in total. The van der Waals surface area contributed by atoms with Crippen LogP contribution in [0.1, 0.15) is 59.8 Å². The first-order chi connectivity index (χ1) is 8.87. The first-order valence-corrected chi connectivity index (χ1v) is 7.68. The summed E-state index contributed by atoms with van der Waals surface area (Å²) < 4.78 is 5.58. The Balaban J connectivity index is 2.46. The van der Waals surface area contributed by atoms with Gasteiger partial charge in [0, 0.05) is 13.2 Å². The summed E-state index contributed by atoms with van der Waals surface area (Å²) >= 11 is 0. The van der Waals surface area contributed by atoms with E-state index in [1.807, 2.05) is 0 Å². The summed E-state index contributed by atoms with van der Waals surface area (Å²) in [4.78, 5) is 11.6. The van der Waals surface area contributed by atoms with Crippen molar-refractivity contribution in [1.29, 1.82) is 0 Å². The molecule has 3 heteroatoms. The normalized spacial score (nSPS) is 28.0. The second-order valence-corrected chi connectivity index (χ2v) is 6.89. The van der Waals surface area contributed by atoms with Crippen LogP contribution in [0, 0.1) is 23.2 Å². The molecular formula is C16H30O3. The largest absolute Gasteiger partial charge is 0.481 e. The molecule has 0 atom stereocenters. The van der Waals surface area contributed by atoms with Crippen molar-refractivity contribution in [1.82, 2.24) is 0 Å². The van der Waals surface area contributed by atoms with Gasteiger partial charge in [0.15, 0.2) is 0 Å². The maximum atomic E-state index is 11.6. The van der Waals surface area contributed by atoms with E-state index in [9.17, 15) is 9.90 Å². The smallest absolute Gasteiger partial charge is 0.309 e. The molecule has 112 valence electrons. The van der Waals surface area contributed by atoms with Gasteiger partial charge in [-0.15, -0.1) is 0 Å². The molecule has 0 heterocycles. The van der Waals surface area contributed by atoms with Gasteiger partial charge in [0.1, 0.15) is 0 Å². The number of ether oxygens (including phenoxy) is 1. The van der Waals surface area contributed by atoms with Gasteiger partial charge in [0.05, 0.1) is 5.41 Å². The van der Waals surface area contributed by atoms with Crippen molar-refractivity contribution in [2.75, 3.05) is 13.2 Å². The highest BCUT2D eigenvalue weighted by molar-refractivity contribution is 5.74. The number of carboxylic acid groups (broad SMARTS) is 1. The topological polar surface area (TPSA) is 46.5 Å². The van der Waals surface area contributed by atoms with Crippen LogP contribution in [-0.2, 0) is 9.53 Å². The molecule has 1 N–H and O–H groups in total. The van der Waals surface area contributed by atoms with E-state index in [4.69, 9.17) is 4.74 Å². The minimum absolute atomic E-state index is 0.512. The summed E-state index contributed by atoms with van der Waals surface area (Å²) in [6.45, 7) is 10.0. The van der Waals surface area contributed by atoms with E-state index in [2.05, 4.69) is 27.7 Å². The molecule has 0 spiro atoms. The van der Waals surface area contributed by atoms with Crippen molar-refractivity contribution in [3.63, 3.8) is 0 Å². The lowest BCUT2D eigenvalue weighted by Crippen LogP contribution is -2.37. The van der Waals surface area contributed by atoms with E-state index in [1.54, 1.807) is 0 Å². The standard InChI is InChI=1S/C16H30O3/c1-12(2)11-19-10-9-16(15(17)18)7-5-14(6-8-16)13(3)4/h12-14H,5-11H2,1-4H3,(H,17,18). The molecule has 1 aliphatic carbocycles. The molecule has 0 aromatic heterocycles. The predicted molar refractivity (Wildman–Crippen MR) is 77.1 cm³/mol. The Labute approximate surface area is 117 Å². The zero-order valence-electron chi connectivity index (χ0n) is 12.9. The van der Waals surface area contributed by atoms with Gasteiger partial charge in [0.2, 0.25) is 0 Å². The molecule has 0 saturated heterocycles. The SMILES string of the molecule is CC(C)COCCC1(C(=O)O)CCC(C(C)C)CC1. The third kappa shape index (κ3) is 4.79. The molecule has 1 saturated carbocycles. The Kier molecular flexibility index (Phi) is 6.31. The van der Waals surface area contributed by atoms with Crippen molar-refractivity contribution >= 4 is 5.97 Å². The zero-order chi connectivity index (χ0) is 14.5. The molecular weight excluding hydrogens is 240 g/mol. The highest BCUT2D eigenvalue weighted by Crippen LogP contribution is 2.44. The van der Waals surface area contributed by atoms with Crippen LogP contribution in [0.4, 0.5) is 0 Å². The molecule has 0 unspecified atom stereocenters. The maximum absolute atomic E-state index is 11.6. The van der Waals surface area contributed by atoms with Crippen molar-refractivity contribution in [3.8, 4) is 0 Å². The summed E-state index contributed by atoms with van der Waals surface area (Å²) in [5, 5.41) is 9.57. The average molecular weight is 270 g/mol. The Morgan fingerprint density at radius 3 is 2.26 bits per heavy atom. The minimum atomic E-state index is -0.622. The highest BCUT2D eigenvalue weighted by atomic mass is 16.5. The minimum Gasteiger partial charge on any atom is -0.481 e. The van der Waals surface area contributed by atoms with Crippen molar-refractivity contribution < 1.29 is 14.6 Å². The fraction of sp³-hybridized carbons (Fsp3) is 0.938. The lowest BCUT2D eigenvalue weighted by Gasteiger charge is -2.38. The quantitative estimate of drug-likeness (QED) is 0.712. The molecule has 1 fully saturated rings. The van der Waals surface area contributed by atoms with Crippen LogP contribution in [0.15, 0.2) is 0 Å². The number of carbonyl (C=O) groups is 1. The summed E-state index contributed by atoms with van der Waals surface area (Å²) in [7, 11) is 0. The Bertz CT molecular complexity index is 276. The van der Waals surface area contributed by atoms with Crippen molar-refractivity contribution in [2.45, 2.75) is 59.8 Å². The molecule has 1 rings (SSSR count). The zero-order valence-corrected chi connectivity index (χ0v) is 12.9. The Morgan fingerprint density at radius 2 is 1.84 bits per heavy atom. The first kappa shape index (κ1) is 16.5. The second kappa shape index (κ2) is 7.28. The number of hydrogen-bond acceptors (Lipinski definition) is 2. The fourth-order valence-corrected chi connectivity index (χ4v) is 3.02. The van der Waals surface area contributed by atoms with E-state index < -0.39 is 11.4 Å². The predicted octanol–water partition coefficient (Wildman–Crippen LogP) is 3.97. The fourth-order valence-electron chi connectivity index (χ4n) is 3.02. The van der Waals surface area contributed by atoms with E-state index in [-0.39, 0.29) is 0 Å². The van der Waals surface area contributed by atoms with Crippen LogP contribution in [0.2, 0.25) is 0 Å². The monoisotopic (exact) mass is 270 g/mol.